The highest BCUT2D eigenvalue weighted by molar-refractivity contribution is 8.00. The van der Waals surface area contributed by atoms with Crippen LogP contribution in [0.5, 0.6) is 0 Å². The van der Waals surface area contributed by atoms with Gasteiger partial charge >= 0.3 is 6.18 Å². The van der Waals surface area contributed by atoms with Gasteiger partial charge in [-0.25, -0.2) is 14.4 Å². The zero-order valence-electron chi connectivity index (χ0n) is 18.9. The number of hydrogen-bond acceptors (Lipinski definition) is 6. The molecule has 3 aromatic rings. The number of nitrogens with one attached hydrogen (secondary N) is 1. The molecule has 3 heterocycles. The summed E-state index contributed by atoms with van der Waals surface area (Å²) in [7, 11) is 1.64. The molecule has 0 amide bonds. The average molecular weight is 510 g/mol. The van der Waals surface area contributed by atoms with Gasteiger partial charge in [-0.3, -0.25) is 4.90 Å². The smallest absolute Gasteiger partial charge is 0.370 e. The quantitative estimate of drug-likeness (QED) is 0.240. The summed E-state index contributed by atoms with van der Waals surface area (Å²) in [6, 6.07) is 11.6. The first-order valence-electron chi connectivity index (χ1n) is 11.0. The molecule has 5 nitrogen and oxygen atoms in total. The molecule has 1 aliphatic heterocycles. The molecular weight excluding hydrogens is 485 g/mol. The maximum Gasteiger partial charge on any atom is 0.418 e. The van der Waals surface area contributed by atoms with Gasteiger partial charge in [-0.1, -0.05) is 24.3 Å². The van der Waals surface area contributed by atoms with Gasteiger partial charge in [-0.05, 0) is 37.1 Å². The predicted molar refractivity (Wildman–Crippen MR) is 126 cm³/mol. The fourth-order valence-corrected chi connectivity index (χ4v) is 4.70. The van der Waals surface area contributed by atoms with E-state index in [1.807, 2.05) is 0 Å². The van der Waals surface area contributed by atoms with E-state index in [-0.39, 0.29) is 28.4 Å². The monoisotopic (exact) mass is 509 g/mol. The number of likely N-dealkylation sites (tertiary alicyclic amines) is 1. The van der Waals surface area contributed by atoms with Gasteiger partial charge in [-0.2, -0.15) is 17.6 Å². The van der Waals surface area contributed by atoms with Crippen LogP contribution in [0.3, 0.4) is 0 Å². The van der Waals surface area contributed by atoms with E-state index in [0.717, 1.165) is 18.0 Å². The Morgan fingerprint density at radius 1 is 1.09 bits per heavy atom. The Hall–Kier alpha value is -2.92. The zero-order valence-corrected chi connectivity index (χ0v) is 19.7. The SMILES string of the molecule is CN(c1cnc(SNc2cccc(F)n2)cc1C(F)(F)F)C1CCN(Cc2ccccc2F)CC1. The van der Waals surface area contributed by atoms with Gasteiger partial charge in [-0.15, -0.1) is 0 Å². The Morgan fingerprint density at radius 3 is 2.51 bits per heavy atom. The lowest BCUT2D eigenvalue weighted by Gasteiger charge is -2.38. The summed E-state index contributed by atoms with van der Waals surface area (Å²) < 4.78 is 71.7. The Labute approximate surface area is 204 Å². The lowest BCUT2D eigenvalue weighted by Crippen LogP contribution is -2.43. The first-order valence-corrected chi connectivity index (χ1v) is 11.8. The third-order valence-electron chi connectivity index (χ3n) is 5.98. The second-order valence-corrected chi connectivity index (χ2v) is 9.12. The van der Waals surface area contributed by atoms with E-state index < -0.39 is 17.7 Å². The van der Waals surface area contributed by atoms with Crippen LogP contribution in [0.1, 0.15) is 24.0 Å². The lowest BCUT2D eigenvalue weighted by atomic mass is 10.0. The average Bonchev–Trinajstić information content (AvgIpc) is 2.84. The molecule has 0 atom stereocenters. The molecular formula is C24H24F5N5S. The summed E-state index contributed by atoms with van der Waals surface area (Å²) in [5, 5.41) is 0.0836. The number of alkyl halides is 3. The van der Waals surface area contributed by atoms with Crippen LogP contribution in [0.15, 0.2) is 59.8 Å². The topological polar surface area (TPSA) is 44.3 Å². The third kappa shape index (κ3) is 6.40. The van der Waals surface area contributed by atoms with Gasteiger partial charge < -0.3 is 9.62 Å². The number of hydrogen-bond donors (Lipinski definition) is 1. The Balaban J connectivity index is 1.43. The largest absolute Gasteiger partial charge is 0.418 e. The lowest BCUT2D eigenvalue weighted by molar-refractivity contribution is -0.137. The second-order valence-electron chi connectivity index (χ2n) is 8.30. The molecule has 0 unspecified atom stereocenters. The second kappa shape index (κ2) is 10.8. The minimum Gasteiger partial charge on any atom is -0.370 e. The van der Waals surface area contributed by atoms with Crippen molar-refractivity contribution < 1.29 is 22.0 Å². The van der Waals surface area contributed by atoms with Crippen LogP contribution in [0.2, 0.25) is 0 Å². The number of nitrogens with zero attached hydrogens (tertiary/aromatic N) is 4. The molecule has 4 rings (SSSR count). The van der Waals surface area contributed by atoms with Gasteiger partial charge in [0.15, 0.2) is 0 Å². The summed E-state index contributed by atoms with van der Waals surface area (Å²) >= 11 is 0.825. The van der Waals surface area contributed by atoms with Crippen molar-refractivity contribution in [3.63, 3.8) is 0 Å². The van der Waals surface area contributed by atoms with Crippen molar-refractivity contribution in [3.05, 3.63) is 77.6 Å². The fraction of sp³-hybridized carbons (Fsp3) is 0.333. The number of benzene rings is 1. The molecule has 0 saturated carbocycles. The Kier molecular flexibility index (Phi) is 7.75. The summed E-state index contributed by atoms with van der Waals surface area (Å²) in [5.74, 6) is -0.779. The first-order chi connectivity index (χ1) is 16.7. The maximum atomic E-state index is 14.0. The van der Waals surface area contributed by atoms with E-state index in [0.29, 0.717) is 38.0 Å². The number of piperidine rings is 1. The zero-order chi connectivity index (χ0) is 25.0. The van der Waals surface area contributed by atoms with E-state index in [2.05, 4.69) is 19.6 Å². The number of pyridine rings is 2. The van der Waals surface area contributed by atoms with Crippen molar-refractivity contribution in [2.45, 2.75) is 36.6 Å². The van der Waals surface area contributed by atoms with Crippen LogP contribution in [0.4, 0.5) is 33.5 Å². The highest BCUT2D eigenvalue weighted by Gasteiger charge is 2.37. The normalized spacial score (nSPS) is 15.3. The minimum atomic E-state index is -4.58. The number of rotatable bonds is 7. The van der Waals surface area contributed by atoms with Crippen LogP contribution < -0.4 is 9.62 Å². The highest BCUT2D eigenvalue weighted by Crippen LogP contribution is 2.39. The van der Waals surface area contributed by atoms with E-state index >= 15 is 0 Å². The molecule has 1 aliphatic rings. The van der Waals surface area contributed by atoms with Crippen molar-refractivity contribution >= 4 is 23.5 Å². The fourth-order valence-electron chi connectivity index (χ4n) is 4.09. The third-order valence-corrected chi connectivity index (χ3v) is 6.72. The highest BCUT2D eigenvalue weighted by atomic mass is 32.2. The molecule has 1 saturated heterocycles. The van der Waals surface area contributed by atoms with Crippen LogP contribution in [-0.4, -0.2) is 41.0 Å². The van der Waals surface area contributed by atoms with Crippen LogP contribution in [0, 0.1) is 11.8 Å². The molecule has 11 heteroatoms. The Bertz CT molecular complexity index is 1150. The van der Waals surface area contributed by atoms with Crippen LogP contribution >= 0.6 is 11.9 Å². The van der Waals surface area contributed by atoms with Gasteiger partial charge in [0, 0.05) is 50.2 Å². The summed E-state index contributed by atoms with van der Waals surface area (Å²) in [4.78, 5) is 11.5. The molecule has 186 valence electrons. The molecule has 0 radical (unpaired) electrons. The van der Waals surface area contributed by atoms with E-state index in [9.17, 15) is 22.0 Å². The number of aromatic nitrogens is 2. The van der Waals surface area contributed by atoms with Crippen molar-refractivity contribution in [1.29, 1.82) is 0 Å². The molecule has 1 N–H and O–H groups in total. The summed E-state index contributed by atoms with van der Waals surface area (Å²) in [6.45, 7) is 1.77. The van der Waals surface area contributed by atoms with Gasteiger partial charge in [0.1, 0.15) is 16.7 Å². The van der Waals surface area contributed by atoms with Crippen molar-refractivity contribution in [1.82, 2.24) is 14.9 Å². The van der Waals surface area contributed by atoms with Gasteiger partial charge in [0.25, 0.3) is 0 Å². The van der Waals surface area contributed by atoms with E-state index in [1.54, 1.807) is 30.1 Å². The number of anilines is 2. The standard InChI is InChI=1S/C24H24F5N5S/c1-33(17-9-11-34(12-10-17)15-16-5-2-3-6-19(16)25)20-14-30-23(13-18(20)24(27,28)29)35-32-22-8-4-7-21(26)31-22/h2-8,13-14,17H,9-12,15H2,1H3,(H,31,32). The predicted octanol–water partition coefficient (Wildman–Crippen LogP) is 5.99. The molecule has 0 aliphatic carbocycles. The van der Waals surface area contributed by atoms with Gasteiger partial charge in [0.2, 0.25) is 5.95 Å². The minimum absolute atomic E-state index is 0.00159. The van der Waals surface area contributed by atoms with E-state index in [1.165, 1.54) is 30.5 Å². The maximum absolute atomic E-state index is 14.0. The van der Waals surface area contributed by atoms with Gasteiger partial charge in [0.05, 0.1) is 17.4 Å². The molecule has 0 bridgehead atoms. The van der Waals surface area contributed by atoms with Crippen LogP contribution in [0.25, 0.3) is 0 Å². The van der Waals surface area contributed by atoms with Crippen molar-refractivity contribution in [3.8, 4) is 0 Å². The Morgan fingerprint density at radius 2 is 1.83 bits per heavy atom. The molecule has 2 aromatic heterocycles. The van der Waals surface area contributed by atoms with E-state index in [4.69, 9.17) is 0 Å². The summed E-state index contributed by atoms with van der Waals surface area (Å²) in [5.41, 5.74) is -0.184. The molecule has 1 aromatic carbocycles. The number of halogens is 5. The first kappa shape index (κ1) is 25.2. The van der Waals surface area contributed by atoms with Crippen molar-refractivity contribution in [2.75, 3.05) is 29.8 Å². The molecule has 1 fully saturated rings. The van der Waals surface area contributed by atoms with Crippen LogP contribution in [-0.2, 0) is 12.7 Å². The van der Waals surface area contributed by atoms with Crippen molar-refractivity contribution in [2.24, 2.45) is 0 Å². The molecule has 0 spiro atoms. The summed E-state index contributed by atoms with van der Waals surface area (Å²) in [6.07, 6.45) is -2.07. The molecule has 35 heavy (non-hydrogen) atoms.